The lowest BCUT2D eigenvalue weighted by atomic mass is 10.2. The number of hydrogen-bond donors (Lipinski definition) is 2. The van der Waals surface area contributed by atoms with Crippen LogP contribution in [0.2, 0.25) is 0 Å². The zero-order valence-corrected chi connectivity index (χ0v) is 10.9. The summed E-state index contributed by atoms with van der Waals surface area (Å²) in [6, 6.07) is 2.28. The average molecular weight is 258 g/mol. The number of nitrogens with one attached hydrogen (secondary N) is 2. The fourth-order valence-corrected chi connectivity index (χ4v) is 2.64. The topological polar surface area (TPSA) is 78.6 Å². The molecule has 3 rings (SSSR count). The van der Waals surface area contributed by atoms with Crippen LogP contribution in [0.3, 0.4) is 0 Å². The lowest BCUT2D eigenvalue weighted by Gasteiger charge is -2.20. The van der Waals surface area contributed by atoms with E-state index < -0.39 is 0 Å². The number of rotatable bonds is 1. The summed E-state index contributed by atoms with van der Waals surface area (Å²) in [7, 11) is 0. The molecular formula is C13H18N6. The van der Waals surface area contributed by atoms with Crippen molar-refractivity contribution in [3.63, 3.8) is 0 Å². The number of aromatic nitrogens is 3. The van der Waals surface area contributed by atoms with Gasteiger partial charge in [-0.15, -0.1) is 10.2 Å². The summed E-state index contributed by atoms with van der Waals surface area (Å²) in [5, 5.41) is 24.4. The minimum absolute atomic E-state index is 0.584. The van der Waals surface area contributed by atoms with E-state index in [0.717, 1.165) is 57.0 Å². The average Bonchev–Trinajstić information content (AvgIpc) is 2.71. The third kappa shape index (κ3) is 2.28. The highest BCUT2D eigenvalue weighted by atomic mass is 15.3. The Balaban J connectivity index is 2.00. The van der Waals surface area contributed by atoms with Crippen LogP contribution in [0.15, 0.2) is 5.82 Å². The molecule has 6 nitrogen and oxygen atoms in total. The van der Waals surface area contributed by atoms with E-state index in [9.17, 15) is 5.26 Å². The van der Waals surface area contributed by atoms with Crippen LogP contribution in [0, 0.1) is 11.3 Å². The highest BCUT2D eigenvalue weighted by Gasteiger charge is 2.21. The van der Waals surface area contributed by atoms with Crippen molar-refractivity contribution in [3.05, 3.63) is 17.5 Å². The second kappa shape index (κ2) is 5.31. The fraction of sp³-hybridized carbons (Fsp3) is 0.615. The van der Waals surface area contributed by atoms with Crippen LogP contribution in [0.1, 0.15) is 37.3 Å². The van der Waals surface area contributed by atoms with E-state index in [1.54, 1.807) is 0 Å². The van der Waals surface area contributed by atoms with Gasteiger partial charge in [0.15, 0.2) is 5.82 Å². The molecule has 3 heterocycles. The van der Waals surface area contributed by atoms with Gasteiger partial charge in [-0.2, -0.15) is 5.26 Å². The molecule has 6 heteroatoms. The molecule has 0 atom stereocenters. The molecule has 0 saturated carbocycles. The van der Waals surface area contributed by atoms with Crippen molar-refractivity contribution < 1.29 is 0 Å². The Morgan fingerprint density at radius 1 is 1.11 bits per heavy atom. The predicted molar refractivity (Wildman–Crippen MR) is 70.7 cm³/mol. The predicted octanol–water partition coefficient (Wildman–Crippen LogP) is 0.780. The first-order valence-corrected chi connectivity index (χ1v) is 6.94. The highest BCUT2D eigenvalue weighted by molar-refractivity contribution is 5.75. The van der Waals surface area contributed by atoms with Crippen molar-refractivity contribution in [2.45, 2.75) is 38.6 Å². The van der Waals surface area contributed by atoms with E-state index in [0.29, 0.717) is 11.4 Å². The van der Waals surface area contributed by atoms with Gasteiger partial charge >= 0.3 is 0 Å². The van der Waals surface area contributed by atoms with Crippen LogP contribution in [-0.4, -0.2) is 27.9 Å². The minimum atomic E-state index is 0.584. The molecule has 2 N–H and O–H groups in total. The first-order valence-electron chi connectivity index (χ1n) is 6.94. The smallest absolute Gasteiger partial charge is 0.178 e. The maximum atomic E-state index is 9.45. The van der Waals surface area contributed by atoms with Gasteiger partial charge in [0.2, 0.25) is 0 Å². The van der Waals surface area contributed by atoms with E-state index in [4.69, 9.17) is 0 Å². The Morgan fingerprint density at radius 2 is 1.95 bits per heavy atom. The van der Waals surface area contributed by atoms with Gasteiger partial charge < -0.3 is 15.2 Å². The van der Waals surface area contributed by atoms with Crippen molar-refractivity contribution in [1.82, 2.24) is 25.4 Å². The van der Waals surface area contributed by atoms with Gasteiger partial charge in [-0.3, -0.25) is 0 Å². The van der Waals surface area contributed by atoms with E-state index >= 15 is 0 Å². The van der Waals surface area contributed by atoms with Crippen LogP contribution >= 0.6 is 0 Å². The Hall–Kier alpha value is -2.03. The van der Waals surface area contributed by atoms with E-state index in [2.05, 4.69) is 31.5 Å². The lowest BCUT2D eigenvalue weighted by molar-refractivity contribution is 0.573. The van der Waals surface area contributed by atoms with Crippen molar-refractivity contribution in [2.75, 3.05) is 13.1 Å². The quantitative estimate of drug-likeness (QED) is 0.728. The van der Waals surface area contributed by atoms with Crippen molar-refractivity contribution in [1.29, 1.82) is 5.26 Å². The molecule has 0 spiro atoms. The molecule has 2 aliphatic heterocycles. The SMILES string of the molecule is N#CC(=C1NCCCN1)c1nnc2n1CCCCC2. The van der Waals surface area contributed by atoms with Crippen LogP contribution in [0.4, 0.5) is 0 Å². The largest absolute Gasteiger partial charge is 0.371 e. The second-order valence-electron chi connectivity index (χ2n) is 4.97. The summed E-state index contributed by atoms with van der Waals surface area (Å²) in [4.78, 5) is 0. The third-order valence-electron chi connectivity index (χ3n) is 3.65. The zero-order valence-electron chi connectivity index (χ0n) is 10.9. The molecule has 1 aromatic rings. The van der Waals surface area contributed by atoms with E-state index in [-0.39, 0.29) is 0 Å². The molecule has 0 aromatic carbocycles. The summed E-state index contributed by atoms with van der Waals surface area (Å²) in [6.07, 6.45) is 5.54. The summed E-state index contributed by atoms with van der Waals surface area (Å²) in [5.41, 5.74) is 0.584. The Labute approximate surface area is 112 Å². The molecule has 100 valence electrons. The second-order valence-corrected chi connectivity index (χ2v) is 4.97. The van der Waals surface area contributed by atoms with Gasteiger partial charge in [0.05, 0.1) is 0 Å². The molecule has 2 aliphatic rings. The molecule has 1 aromatic heterocycles. The Bertz CT molecular complexity index is 528. The molecule has 1 fully saturated rings. The summed E-state index contributed by atoms with van der Waals surface area (Å²) >= 11 is 0. The fourth-order valence-electron chi connectivity index (χ4n) is 2.64. The lowest BCUT2D eigenvalue weighted by Crippen LogP contribution is -2.36. The molecule has 0 unspecified atom stereocenters. The molecule has 0 radical (unpaired) electrons. The maximum Gasteiger partial charge on any atom is 0.178 e. The maximum absolute atomic E-state index is 9.45. The number of fused-ring (bicyclic) bond motifs is 1. The summed E-state index contributed by atoms with van der Waals surface area (Å²) < 4.78 is 2.11. The number of aryl methyl sites for hydroxylation is 1. The van der Waals surface area contributed by atoms with Gasteiger partial charge in [-0.25, -0.2) is 0 Å². The molecule has 0 bridgehead atoms. The molecule has 0 amide bonds. The highest BCUT2D eigenvalue weighted by Crippen LogP contribution is 2.20. The van der Waals surface area contributed by atoms with E-state index in [1.165, 1.54) is 6.42 Å². The van der Waals surface area contributed by atoms with Gasteiger partial charge in [-0.05, 0) is 19.3 Å². The first-order chi connectivity index (χ1) is 9.40. The third-order valence-corrected chi connectivity index (χ3v) is 3.65. The monoisotopic (exact) mass is 258 g/mol. The normalized spacial score (nSPS) is 18.6. The van der Waals surface area contributed by atoms with E-state index in [1.807, 2.05) is 0 Å². The minimum Gasteiger partial charge on any atom is -0.371 e. The molecule has 1 saturated heterocycles. The number of nitriles is 1. The van der Waals surface area contributed by atoms with Crippen LogP contribution in [-0.2, 0) is 13.0 Å². The van der Waals surface area contributed by atoms with Gasteiger partial charge in [0.1, 0.15) is 23.3 Å². The molecular weight excluding hydrogens is 240 g/mol. The number of hydrogen-bond acceptors (Lipinski definition) is 5. The van der Waals surface area contributed by atoms with Crippen LogP contribution in [0.25, 0.3) is 5.57 Å². The van der Waals surface area contributed by atoms with Crippen LogP contribution < -0.4 is 10.6 Å². The van der Waals surface area contributed by atoms with Crippen molar-refractivity contribution in [2.24, 2.45) is 0 Å². The van der Waals surface area contributed by atoms with Gasteiger partial charge in [-0.1, -0.05) is 6.42 Å². The zero-order chi connectivity index (χ0) is 13.1. The standard InChI is InChI=1S/C13H18N6/c14-9-10(12-15-6-4-7-16-12)13-18-17-11-5-2-1-3-8-19(11)13/h15-16H,1-8H2. The first kappa shape index (κ1) is 12.0. The number of nitrogens with zero attached hydrogens (tertiary/aromatic N) is 4. The Morgan fingerprint density at radius 3 is 2.74 bits per heavy atom. The summed E-state index contributed by atoms with van der Waals surface area (Å²) in [6.45, 7) is 2.71. The number of allylic oxidation sites excluding steroid dienone is 1. The van der Waals surface area contributed by atoms with Gasteiger partial charge in [0, 0.05) is 26.1 Å². The van der Waals surface area contributed by atoms with Crippen molar-refractivity contribution >= 4 is 5.57 Å². The summed E-state index contributed by atoms with van der Waals surface area (Å²) in [5.74, 6) is 2.51. The van der Waals surface area contributed by atoms with Crippen LogP contribution in [0.5, 0.6) is 0 Å². The van der Waals surface area contributed by atoms with Gasteiger partial charge in [0.25, 0.3) is 0 Å². The molecule has 0 aliphatic carbocycles. The molecule has 19 heavy (non-hydrogen) atoms. The van der Waals surface area contributed by atoms with Crippen molar-refractivity contribution in [3.8, 4) is 6.07 Å². The Kier molecular flexibility index (Phi) is 3.36.